The van der Waals surface area contributed by atoms with Crippen LogP contribution in [0.1, 0.15) is 29.3 Å². The maximum Gasteiger partial charge on any atom is 0.416 e. The highest BCUT2D eigenvalue weighted by Crippen LogP contribution is 2.34. The molecular weight excluding hydrogens is 415 g/mol. The molecule has 0 N–H and O–H groups in total. The fraction of sp³-hybridized carbons (Fsp3) is 0.500. The Kier molecular flexibility index (Phi) is 5.03. The summed E-state index contributed by atoms with van der Waals surface area (Å²) < 4.78 is 38.8. The third-order valence-electron chi connectivity index (χ3n) is 3.83. The number of nitrogens with zero attached hydrogens (tertiary/aromatic N) is 1. The van der Waals surface area contributed by atoms with Gasteiger partial charge in [-0.2, -0.15) is 13.2 Å². The second-order valence-corrected chi connectivity index (χ2v) is 6.68. The van der Waals surface area contributed by atoms with Crippen molar-refractivity contribution >= 4 is 37.8 Å². The van der Waals surface area contributed by atoms with Crippen molar-refractivity contribution in [2.45, 2.75) is 25.6 Å². The van der Waals surface area contributed by atoms with Gasteiger partial charge >= 0.3 is 6.18 Å². The minimum Gasteiger partial charge on any atom is -0.335 e. The first kappa shape index (κ1) is 16.8. The predicted octanol–water partition coefficient (Wildman–Crippen LogP) is 4.71. The molecule has 21 heavy (non-hydrogen) atoms. The third-order valence-corrected chi connectivity index (χ3v) is 5.18. The van der Waals surface area contributed by atoms with Crippen LogP contribution in [0.25, 0.3) is 0 Å². The van der Waals surface area contributed by atoms with Crippen LogP contribution in [0.5, 0.6) is 0 Å². The van der Waals surface area contributed by atoms with Crippen LogP contribution in [0.4, 0.5) is 13.2 Å². The molecule has 1 amide bonds. The fourth-order valence-electron chi connectivity index (χ4n) is 2.52. The van der Waals surface area contributed by atoms with Crippen molar-refractivity contribution in [3.05, 3.63) is 33.8 Å². The molecule has 0 radical (unpaired) electrons. The van der Waals surface area contributed by atoms with E-state index in [9.17, 15) is 18.0 Å². The molecule has 0 spiro atoms. The van der Waals surface area contributed by atoms with Gasteiger partial charge in [0.25, 0.3) is 5.91 Å². The van der Waals surface area contributed by atoms with Crippen LogP contribution < -0.4 is 0 Å². The lowest BCUT2D eigenvalue weighted by molar-refractivity contribution is -0.137. The number of likely N-dealkylation sites (tertiary alicyclic amines) is 1. The number of hydrogen-bond acceptors (Lipinski definition) is 1. The number of amides is 1. The van der Waals surface area contributed by atoms with E-state index in [1.54, 1.807) is 4.90 Å². The van der Waals surface area contributed by atoms with Gasteiger partial charge in [0.05, 0.1) is 11.1 Å². The molecule has 1 aliphatic rings. The summed E-state index contributed by atoms with van der Waals surface area (Å²) in [6.07, 6.45) is -3.60. The molecule has 1 heterocycles. The number of carbonyl (C=O) groups excluding carboxylic acids is 1. The monoisotopic (exact) mass is 427 g/mol. The van der Waals surface area contributed by atoms with Gasteiger partial charge in [-0.3, -0.25) is 4.79 Å². The summed E-state index contributed by atoms with van der Waals surface area (Å²) >= 11 is 6.55. The molecule has 1 aliphatic heterocycles. The number of rotatable bonds is 2. The maximum atomic E-state index is 12.8. The molecule has 1 aromatic rings. The highest BCUT2D eigenvalue weighted by Gasteiger charge is 2.36. The van der Waals surface area contributed by atoms with E-state index in [0.717, 1.165) is 18.6 Å². The molecule has 2 nitrogen and oxygen atoms in total. The largest absolute Gasteiger partial charge is 0.416 e. The molecule has 0 aliphatic carbocycles. The number of carbonyl (C=O) groups is 1. The Morgan fingerprint density at radius 1 is 1.43 bits per heavy atom. The van der Waals surface area contributed by atoms with Gasteiger partial charge in [0, 0.05) is 22.4 Å². The van der Waals surface area contributed by atoms with Crippen LogP contribution in [0.15, 0.2) is 22.7 Å². The van der Waals surface area contributed by atoms with Gasteiger partial charge in [-0.15, -0.1) is 0 Å². The quantitative estimate of drug-likeness (QED) is 0.624. The summed E-state index contributed by atoms with van der Waals surface area (Å²) in [4.78, 5) is 14.2. The molecular formula is C14H14Br2F3NO. The van der Waals surface area contributed by atoms with Crippen molar-refractivity contribution < 1.29 is 18.0 Å². The van der Waals surface area contributed by atoms with E-state index in [0.29, 0.717) is 22.3 Å². The first-order valence-electron chi connectivity index (χ1n) is 6.49. The minimum absolute atomic E-state index is 0.0129. The van der Waals surface area contributed by atoms with E-state index in [-0.39, 0.29) is 17.5 Å². The molecule has 2 rings (SSSR count). The number of halogens is 5. The summed E-state index contributed by atoms with van der Waals surface area (Å²) in [5.41, 5.74) is -0.749. The van der Waals surface area contributed by atoms with E-state index < -0.39 is 11.7 Å². The van der Waals surface area contributed by atoms with Gasteiger partial charge in [-0.05, 0) is 46.5 Å². The SMILES string of the molecule is CC1CCN(C(=O)c2cc(C(F)(F)F)ccc2Br)C1CBr. The zero-order chi connectivity index (χ0) is 15.8. The minimum atomic E-state index is -4.46. The molecule has 1 aromatic carbocycles. The molecule has 2 unspecified atom stereocenters. The molecule has 7 heteroatoms. The van der Waals surface area contributed by atoms with Crippen LogP contribution in [-0.2, 0) is 6.18 Å². The molecule has 2 atom stereocenters. The lowest BCUT2D eigenvalue weighted by atomic mass is 10.0. The number of benzene rings is 1. The van der Waals surface area contributed by atoms with E-state index in [1.165, 1.54) is 6.07 Å². The van der Waals surface area contributed by atoms with E-state index >= 15 is 0 Å². The predicted molar refractivity (Wildman–Crippen MR) is 81.5 cm³/mol. The number of hydrogen-bond donors (Lipinski definition) is 0. The lowest BCUT2D eigenvalue weighted by Crippen LogP contribution is -2.38. The summed E-state index contributed by atoms with van der Waals surface area (Å²) in [6.45, 7) is 2.61. The average molecular weight is 429 g/mol. The Balaban J connectivity index is 2.35. The van der Waals surface area contributed by atoms with E-state index in [1.807, 2.05) is 6.92 Å². The smallest absolute Gasteiger partial charge is 0.335 e. The summed E-state index contributed by atoms with van der Waals surface area (Å²) in [6, 6.07) is 3.17. The van der Waals surface area contributed by atoms with Gasteiger partial charge in [0.2, 0.25) is 0 Å². The van der Waals surface area contributed by atoms with Crippen LogP contribution in [-0.4, -0.2) is 28.7 Å². The normalized spacial score (nSPS) is 22.7. The van der Waals surface area contributed by atoms with Gasteiger partial charge in [-0.25, -0.2) is 0 Å². The second-order valence-electron chi connectivity index (χ2n) is 5.18. The van der Waals surface area contributed by atoms with Crippen molar-refractivity contribution in [1.29, 1.82) is 0 Å². The second kappa shape index (κ2) is 6.28. The van der Waals surface area contributed by atoms with Gasteiger partial charge in [0.15, 0.2) is 0 Å². The molecule has 116 valence electrons. The van der Waals surface area contributed by atoms with Crippen LogP contribution in [0, 0.1) is 5.92 Å². The Morgan fingerprint density at radius 3 is 2.67 bits per heavy atom. The zero-order valence-electron chi connectivity index (χ0n) is 11.3. The topological polar surface area (TPSA) is 20.3 Å². The fourth-order valence-corrected chi connectivity index (χ4v) is 3.92. The first-order valence-corrected chi connectivity index (χ1v) is 8.41. The molecule has 0 saturated carbocycles. The van der Waals surface area contributed by atoms with E-state index in [2.05, 4.69) is 31.9 Å². The highest BCUT2D eigenvalue weighted by atomic mass is 79.9. The Bertz CT molecular complexity index is 548. The maximum absolute atomic E-state index is 12.8. The summed E-state index contributed by atoms with van der Waals surface area (Å²) in [7, 11) is 0. The van der Waals surface area contributed by atoms with Crippen LogP contribution >= 0.6 is 31.9 Å². The summed E-state index contributed by atoms with van der Waals surface area (Å²) in [5.74, 6) is -0.0281. The first-order chi connectivity index (χ1) is 9.75. The molecule has 0 bridgehead atoms. The van der Waals surface area contributed by atoms with Crippen molar-refractivity contribution in [3.63, 3.8) is 0 Å². The highest BCUT2D eigenvalue weighted by molar-refractivity contribution is 9.10. The molecule has 0 aromatic heterocycles. The van der Waals surface area contributed by atoms with Crippen molar-refractivity contribution in [3.8, 4) is 0 Å². The van der Waals surface area contributed by atoms with Crippen LogP contribution in [0.3, 0.4) is 0 Å². The Labute approximate surface area is 137 Å². The van der Waals surface area contributed by atoms with Crippen LogP contribution in [0.2, 0.25) is 0 Å². The molecule has 1 fully saturated rings. The van der Waals surface area contributed by atoms with Crippen molar-refractivity contribution in [2.75, 3.05) is 11.9 Å². The van der Waals surface area contributed by atoms with Gasteiger partial charge in [0.1, 0.15) is 0 Å². The van der Waals surface area contributed by atoms with Crippen molar-refractivity contribution in [1.82, 2.24) is 4.90 Å². The number of alkyl halides is 4. The van der Waals surface area contributed by atoms with Gasteiger partial charge < -0.3 is 4.90 Å². The average Bonchev–Trinajstić information content (AvgIpc) is 2.78. The Hall–Kier alpha value is -0.560. The Morgan fingerprint density at radius 2 is 2.10 bits per heavy atom. The zero-order valence-corrected chi connectivity index (χ0v) is 14.4. The summed E-state index contributed by atoms with van der Waals surface area (Å²) in [5, 5.41) is 0.622. The van der Waals surface area contributed by atoms with E-state index in [4.69, 9.17) is 0 Å². The van der Waals surface area contributed by atoms with Crippen molar-refractivity contribution in [2.24, 2.45) is 5.92 Å². The third kappa shape index (κ3) is 3.44. The standard InChI is InChI=1S/C14H14Br2F3NO/c1-8-4-5-20(12(8)7-15)13(21)10-6-9(14(17,18)19)2-3-11(10)16/h2-3,6,8,12H,4-5,7H2,1H3. The molecule has 1 saturated heterocycles. The lowest BCUT2D eigenvalue weighted by Gasteiger charge is -2.26. The van der Waals surface area contributed by atoms with Gasteiger partial charge in [-0.1, -0.05) is 22.9 Å².